The van der Waals surface area contributed by atoms with E-state index >= 15 is 0 Å². The standard InChI is InChI=1S/3C23H29NO9S2.C22H27NO9S2.4CH3.4V/c2*1-17(16-34(27,28)20-7-3-18(31-2)4-8-20)15-33-19-5-9-21(10-6-19)35(29,30)23(22(25)24-26)11-13-32-14-12-23;1-31-18-4-8-20(9-5-18)34(27,28)17-3-2-14-33-19-6-10-21(11-7-19)35(29,30)23(22(25)24-26)12-15-32-16-13-23;1-30-17-3-7-19(8-4-17)33(26,27)16-2-13-32-18-5-9-20(10-6-18)34(28,29)22(21(24)23-25)11-14-31-15-12-22;;;;;;;;/h2*3-10,17,26H,11-16H2,1-2H3,(H,24,25);4-11,26H,2-3,12-17H2,1H3,(H,24,25);3-10,25H,2,11-16H2,1H3,(H,23,24);4*1H3;;;;/q;;;;4*-1;;;;/t2*17-;;;;;;;;;;/m10........../s1. The number of carbonyl (C=O) groups is 4. The summed E-state index contributed by atoms with van der Waals surface area (Å²) in [7, 11) is -24.5. The summed E-state index contributed by atoms with van der Waals surface area (Å²) in [4.78, 5) is 49.7. The van der Waals surface area contributed by atoms with Crippen molar-refractivity contribution in [3.05, 3.63) is 224 Å². The van der Waals surface area contributed by atoms with E-state index in [-0.39, 0.29) is 315 Å². The maximum absolute atomic E-state index is 13.3. The smallest absolute Gasteiger partial charge is 0.265 e. The second-order valence-electron chi connectivity index (χ2n) is 32.6. The van der Waals surface area contributed by atoms with Crippen LogP contribution in [-0.2, 0) is 191 Å². The molecule has 4 aliphatic rings. The number of rotatable bonds is 41. The third kappa shape index (κ3) is 34.1. The van der Waals surface area contributed by atoms with E-state index in [1.807, 2.05) is 0 Å². The van der Waals surface area contributed by atoms with Crippen LogP contribution in [0, 0.1) is 41.5 Å². The molecule has 4 heterocycles. The molecule has 0 unspecified atom stereocenters. The van der Waals surface area contributed by atoms with Crippen LogP contribution >= 0.6 is 0 Å². The molecule has 0 aliphatic carbocycles. The van der Waals surface area contributed by atoms with Gasteiger partial charge in [0.2, 0.25) is 0 Å². The number of hydrogen-bond donors (Lipinski definition) is 8. The molecule has 52 heteroatoms. The first-order chi connectivity index (χ1) is 65.9. The van der Waals surface area contributed by atoms with E-state index in [0.717, 1.165) is 0 Å². The average Bonchev–Trinajstić information content (AvgIpc) is 0.757. The predicted molar refractivity (Wildman–Crippen MR) is 525 cm³/mol. The van der Waals surface area contributed by atoms with Crippen LogP contribution in [-0.4, -0.2) is 262 Å². The molecule has 0 aromatic heterocycles. The molecule has 8 N–H and O–H groups in total. The van der Waals surface area contributed by atoms with E-state index in [9.17, 15) is 86.5 Å². The summed E-state index contributed by atoms with van der Waals surface area (Å²) >= 11 is 0. The van der Waals surface area contributed by atoms with Crippen molar-refractivity contribution in [2.75, 3.05) is 131 Å². The van der Waals surface area contributed by atoms with Gasteiger partial charge in [0.05, 0.1) is 117 Å². The Kier molecular flexibility index (Phi) is 57.1. The van der Waals surface area contributed by atoms with Crippen LogP contribution in [0.3, 0.4) is 0 Å². The van der Waals surface area contributed by atoms with Crippen LogP contribution in [0.2, 0.25) is 0 Å². The third-order valence-corrected chi connectivity index (χ3v) is 41.2. The number of nitrogens with one attached hydrogen (secondary N) is 4. The van der Waals surface area contributed by atoms with Gasteiger partial charge in [0.25, 0.3) is 23.6 Å². The molecule has 8 aromatic carbocycles. The Morgan fingerprint density at radius 3 is 0.653 bits per heavy atom. The molecule has 814 valence electrons. The third-order valence-electron chi connectivity index (χ3n) is 23.5. The van der Waals surface area contributed by atoms with Gasteiger partial charge in [-0.25, -0.2) is 89.3 Å². The van der Waals surface area contributed by atoms with Gasteiger partial charge in [0, 0.05) is 139 Å². The molecule has 147 heavy (non-hydrogen) atoms. The number of hydroxylamine groups is 4. The molecule has 8 aromatic rings. The topological polar surface area (TPSA) is 581 Å². The Morgan fingerprint density at radius 2 is 0.449 bits per heavy atom. The maximum Gasteiger partial charge on any atom is 0.265 e. The summed E-state index contributed by atoms with van der Waals surface area (Å²) in [6, 6.07) is 46.9. The second-order valence-corrected chi connectivity index (χ2v) is 49.9. The van der Waals surface area contributed by atoms with E-state index in [1.54, 1.807) is 62.4 Å². The second kappa shape index (κ2) is 61.4. The van der Waals surface area contributed by atoms with Crippen molar-refractivity contribution >= 4 is 102 Å². The minimum atomic E-state index is -4.14. The summed E-state index contributed by atoms with van der Waals surface area (Å²) in [5.74, 6) is -1.32. The maximum atomic E-state index is 13.3. The summed E-state index contributed by atoms with van der Waals surface area (Å²) in [6.45, 7) is 4.64. The van der Waals surface area contributed by atoms with Gasteiger partial charge in [0.1, 0.15) is 46.0 Å². The zero-order valence-electron chi connectivity index (χ0n) is 82.6. The largest absolute Gasteiger partial charge is 0.497 e. The summed E-state index contributed by atoms with van der Waals surface area (Å²) in [5, 5.41) is 36.5. The molecule has 0 spiro atoms. The fourth-order valence-electron chi connectivity index (χ4n) is 15.4. The van der Waals surface area contributed by atoms with Gasteiger partial charge < -0.3 is 86.5 Å². The predicted octanol–water partition coefficient (Wildman–Crippen LogP) is 9.74. The van der Waals surface area contributed by atoms with Crippen molar-refractivity contribution in [2.24, 2.45) is 11.8 Å². The van der Waals surface area contributed by atoms with Crippen molar-refractivity contribution in [1.29, 1.82) is 0 Å². The van der Waals surface area contributed by atoms with Crippen LogP contribution in [0.5, 0.6) is 46.0 Å². The number of amides is 4. The Labute approximate surface area is 909 Å². The zero-order valence-corrected chi connectivity index (χ0v) is 94.7. The van der Waals surface area contributed by atoms with Crippen LogP contribution in [0.1, 0.15) is 84.5 Å². The van der Waals surface area contributed by atoms with Crippen molar-refractivity contribution in [3.63, 3.8) is 0 Å². The van der Waals surface area contributed by atoms with E-state index in [4.69, 9.17) is 77.7 Å². The summed E-state index contributed by atoms with van der Waals surface area (Å²) in [6.07, 6.45) is 0.468. The molecule has 4 amide bonds. The fourth-order valence-corrected chi connectivity index (χ4v) is 28.9. The van der Waals surface area contributed by atoms with E-state index in [1.165, 1.54) is 196 Å². The SMILES string of the molecule is COc1ccc(S(=O)(=O)CCCCOc2ccc(S(=O)(=O)C3(C(=O)NO)CCOCC3)cc2)cc1.COc1ccc(S(=O)(=O)CCCOc2ccc(S(=O)(=O)C3(C(=O)NO)CCOCC3)cc2)cc1.COc1ccc(S(=O)(=O)C[C@@H](C)COc2ccc(S(=O)(=O)C3(C(=O)NO)CCOCC3)cc2)cc1.COc1ccc(S(=O)(=O)C[C@H](C)COc2ccc(S(=O)(=O)C3(C(=O)NO)CCOCC3)cc2)cc1.[CH3-].[CH3-].[CH3-].[CH3-].[V].[V].[V].[V]. The average molecular weight is 2360 g/mol. The first-order valence-corrected chi connectivity index (χ1v) is 55.9. The minimum absolute atomic E-state index is 0. The van der Waals surface area contributed by atoms with Gasteiger partial charge in [0.15, 0.2) is 97.7 Å². The molecule has 0 saturated carbocycles. The van der Waals surface area contributed by atoms with Crippen LogP contribution < -0.4 is 59.8 Å². The van der Waals surface area contributed by atoms with Gasteiger partial charge >= 0.3 is 0 Å². The summed E-state index contributed by atoms with van der Waals surface area (Å²) < 4.78 is 263. The van der Waals surface area contributed by atoms with E-state index < -0.39 is 121 Å². The first-order valence-electron chi connectivity index (χ1n) is 43.4. The molecule has 4 aliphatic heterocycles. The Hall–Kier alpha value is -8.34. The number of carbonyl (C=O) groups excluding carboxylic acids is 4. The monoisotopic (exact) mass is 2360 g/mol. The number of hydrogen-bond acceptors (Lipinski definition) is 36. The normalized spacial score (nSPS) is 15.4. The van der Waals surface area contributed by atoms with Crippen LogP contribution in [0.4, 0.5) is 0 Å². The van der Waals surface area contributed by atoms with Gasteiger partial charge in [-0.3, -0.25) is 40.0 Å². The molecule has 4 fully saturated rings. The Bertz CT molecular complexity index is 6220. The first kappa shape index (κ1) is 137. The van der Waals surface area contributed by atoms with Crippen molar-refractivity contribution in [1.82, 2.24) is 21.9 Å². The van der Waals surface area contributed by atoms with Crippen LogP contribution in [0.25, 0.3) is 0 Å². The molecule has 4 radical (unpaired) electrons. The van der Waals surface area contributed by atoms with E-state index in [2.05, 4.69) is 0 Å². The number of ether oxygens (including phenoxy) is 12. The minimum Gasteiger partial charge on any atom is -0.497 e. The number of sulfone groups is 8. The zero-order chi connectivity index (χ0) is 102. The molecule has 0 bridgehead atoms. The van der Waals surface area contributed by atoms with Crippen molar-refractivity contribution in [3.8, 4) is 46.0 Å². The van der Waals surface area contributed by atoms with Gasteiger partial charge in [-0.15, -0.1) is 0 Å². The summed E-state index contributed by atoms with van der Waals surface area (Å²) in [5.41, 5.74) is 5.91. The Balaban J connectivity index is 0.000000963. The van der Waals surface area contributed by atoms with Crippen molar-refractivity contribution < 1.29 is 238 Å². The fraction of sp³-hybridized carbons (Fsp3) is 0.411. The van der Waals surface area contributed by atoms with Gasteiger partial charge in [-0.1, -0.05) is 13.8 Å². The quantitative estimate of drug-likeness (QED) is 0.00764. The van der Waals surface area contributed by atoms with Gasteiger partial charge in [-0.05, 0) is 265 Å². The molecule has 2 atom stereocenters. The van der Waals surface area contributed by atoms with E-state index in [0.29, 0.717) is 58.8 Å². The van der Waals surface area contributed by atoms with Gasteiger partial charge in [-0.2, -0.15) is 0 Å². The number of methoxy groups -OCH3 is 4. The van der Waals surface area contributed by atoms with Crippen LogP contribution in [0.15, 0.2) is 233 Å². The number of benzene rings is 8. The molecule has 40 nitrogen and oxygen atoms in total. The number of unbranched alkanes of at least 4 members (excludes halogenated alkanes) is 1. The Morgan fingerprint density at radius 1 is 0.272 bits per heavy atom. The molecular formula is C95H126N4O36S8V4-4. The molecule has 12 rings (SSSR count). The van der Waals surface area contributed by atoms with Crippen molar-refractivity contribution in [2.45, 2.75) is 143 Å². The molecule has 4 saturated heterocycles. The molecular weight excluding hydrogens is 2230 g/mol.